The zero-order valence-corrected chi connectivity index (χ0v) is 13.6. The lowest BCUT2D eigenvalue weighted by atomic mass is 10.1. The molecule has 0 bridgehead atoms. The third-order valence-electron chi connectivity index (χ3n) is 3.35. The molecule has 0 unspecified atom stereocenters. The maximum Gasteiger partial charge on any atom is 0.170 e. The lowest BCUT2D eigenvalue weighted by Gasteiger charge is -2.30. The van der Waals surface area contributed by atoms with E-state index in [0.29, 0.717) is 18.1 Å². The van der Waals surface area contributed by atoms with Crippen molar-refractivity contribution in [3.05, 3.63) is 36.2 Å². The van der Waals surface area contributed by atoms with Crippen molar-refractivity contribution in [3.63, 3.8) is 0 Å². The maximum atomic E-state index is 12.1. The summed E-state index contributed by atoms with van der Waals surface area (Å²) in [6.07, 6.45) is 3.18. The van der Waals surface area contributed by atoms with Crippen LogP contribution < -0.4 is 4.90 Å². The first-order valence-corrected chi connectivity index (χ1v) is 7.84. The van der Waals surface area contributed by atoms with Gasteiger partial charge in [0, 0.05) is 30.0 Å². The summed E-state index contributed by atoms with van der Waals surface area (Å²) in [5, 5.41) is 0.792. The molecular formula is C16H15N3O3S. The number of ether oxygens (including phenoxy) is 1. The molecule has 7 heteroatoms. The van der Waals surface area contributed by atoms with E-state index in [1.54, 1.807) is 31.6 Å². The lowest BCUT2D eigenvalue weighted by Crippen LogP contribution is -2.25. The third kappa shape index (κ3) is 3.11. The summed E-state index contributed by atoms with van der Waals surface area (Å²) in [5.41, 5.74) is 1.34. The number of hydrogen-bond acceptors (Lipinski definition) is 7. The van der Waals surface area contributed by atoms with Crippen molar-refractivity contribution in [2.75, 3.05) is 18.7 Å². The molecule has 0 atom stereocenters. The highest BCUT2D eigenvalue weighted by atomic mass is 32.2. The summed E-state index contributed by atoms with van der Waals surface area (Å²) in [6.45, 7) is 1.71. The smallest absolute Gasteiger partial charge is 0.170 e. The van der Waals surface area contributed by atoms with Gasteiger partial charge >= 0.3 is 0 Å². The van der Waals surface area contributed by atoms with Gasteiger partial charge in [-0.25, -0.2) is 9.97 Å². The summed E-state index contributed by atoms with van der Waals surface area (Å²) >= 11 is 1.50. The second-order valence-corrected chi connectivity index (χ2v) is 6.15. The minimum absolute atomic E-state index is 0.0907. The van der Waals surface area contributed by atoms with Crippen LogP contribution in [0.3, 0.4) is 0 Å². The van der Waals surface area contributed by atoms with Crippen molar-refractivity contribution in [2.24, 2.45) is 0 Å². The van der Waals surface area contributed by atoms with E-state index in [-0.39, 0.29) is 18.0 Å². The molecule has 0 fully saturated rings. The minimum atomic E-state index is -0.187. The lowest BCUT2D eigenvalue weighted by molar-refractivity contribution is -0.116. The molecule has 0 radical (unpaired) electrons. The molecule has 0 N–H and O–H groups in total. The first-order chi connectivity index (χ1) is 11.1. The summed E-state index contributed by atoms with van der Waals surface area (Å²) in [4.78, 5) is 34.9. The third-order valence-corrected chi connectivity index (χ3v) is 4.39. The number of fused-ring (bicyclic) bond motifs is 2. The first kappa shape index (κ1) is 15.6. The molecule has 2 heterocycles. The van der Waals surface area contributed by atoms with E-state index < -0.39 is 0 Å². The van der Waals surface area contributed by atoms with E-state index in [9.17, 15) is 9.59 Å². The predicted octanol–water partition coefficient (Wildman–Crippen LogP) is 2.85. The van der Waals surface area contributed by atoms with Crippen LogP contribution in [-0.2, 0) is 9.53 Å². The van der Waals surface area contributed by atoms with Crippen LogP contribution in [0.5, 0.6) is 0 Å². The van der Waals surface area contributed by atoms with Crippen LogP contribution >= 0.6 is 11.8 Å². The van der Waals surface area contributed by atoms with Crippen molar-refractivity contribution < 1.29 is 14.3 Å². The highest BCUT2D eigenvalue weighted by Crippen LogP contribution is 2.46. The Balaban J connectivity index is 2.03. The van der Waals surface area contributed by atoms with E-state index in [1.165, 1.54) is 18.7 Å². The Bertz CT molecular complexity index is 779. The number of methoxy groups -OCH3 is 1. The fourth-order valence-electron chi connectivity index (χ4n) is 2.37. The number of hydrogen-bond donors (Lipinski definition) is 0. The molecule has 1 aliphatic rings. The highest BCUT2D eigenvalue weighted by Gasteiger charge is 2.26. The van der Waals surface area contributed by atoms with Gasteiger partial charge in [0.05, 0.1) is 12.1 Å². The Labute approximate surface area is 137 Å². The first-order valence-electron chi connectivity index (χ1n) is 7.02. The van der Waals surface area contributed by atoms with Crippen molar-refractivity contribution >= 4 is 34.8 Å². The molecule has 1 aliphatic heterocycles. The summed E-state index contributed by atoms with van der Waals surface area (Å²) in [7, 11) is 1.60. The maximum absolute atomic E-state index is 12.1. The molecule has 0 saturated heterocycles. The Morgan fingerprint density at radius 3 is 2.78 bits per heavy atom. The van der Waals surface area contributed by atoms with Gasteiger partial charge in [0.15, 0.2) is 11.6 Å². The molecule has 6 nitrogen and oxygen atoms in total. The van der Waals surface area contributed by atoms with Crippen LogP contribution in [0.25, 0.3) is 0 Å². The topological polar surface area (TPSA) is 72.4 Å². The molecule has 23 heavy (non-hydrogen) atoms. The summed E-state index contributed by atoms with van der Waals surface area (Å²) in [6, 6.07) is 5.39. The van der Waals surface area contributed by atoms with E-state index in [1.807, 2.05) is 11.0 Å². The van der Waals surface area contributed by atoms with Gasteiger partial charge in [-0.1, -0.05) is 17.8 Å². The zero-order chi connectivity index (χ0) is 16.4. The van der Waals surface area contributed by atoms with Crippen LogP contribution in [0.2, 0.25) is 0 Å². The number of benzene rings is 1. The van der Waals surface area contributed by atoms with Crippen molar-refractivity contribution in [3.8, 4) is 0 Å². The zero-order valence-electron chi connectivity index (χ0n) is 12.8. The molecule has 3 rings (SSSR count). The van der Waals surface area contributed by atoms with Gasteiger partial charge in [-0.15, -0.1) is 0 Å². The fourth-order valence-corrected chi connectivity index (χ4v) is 3.36. The number of rotatable bonds is 5. The van der Waals surface area contributed by atoms with Crippen LogP contribution in [0.15, 0.2) is 40.5 Å². The SMILES string of the molecule is COCN1c2cc(C(=O)CC(C)=O)ccc2Sc2nccnc21. The fraction of sp³-hybridized carbons (Fsp3) is 0.250. The quantitative estimate of drug-likeness (QED) is 0.617. The average Bonchev–Trinajstić information content (AvgIpc) is 2.53. The molecular weight excluding hydrogens is 314 g/mol. The van der Waals surface area contributed by atoms with Gasteiger partial charge in [0.25, 0.3) is 0 Å². The molecule has 0 spiro atoms. The molecule has 1 aromatic carbocycles. The van der Waals surface area contributed by atoms with Crippen LogP contribution in [0.1, 0.15) is 23.7 Å². The van der Waals surface area contributed by atoms with E-state index in [0.717, 1.165) is 15.6 Å². The number of Topliss-reactive ketones (excluding diaryl/α,β-unsaturated/α-hetero) is 2. The van der Waals surface area contributed by atoms with Gasteiger partial charge in [-0.05, 0) is 19.1 Å². The normalized spacial score (nSPS) is 12.5. The second kappa shape index (κ2) is 6.47. The number of nitrogens with zero attached hydrogens (tertiary/aromatic N) is 3. The monoisotopic (exact) mass is 329 g/mol. The average molecular weight is 329 g/mol. The van der Waals surface area contributed by atoms with Crippen molar-refractivity contribution in [2.45, 2.75) is 23.3 Å². The minimum Gasteiger partial charge on any atom is -0.364 e. The number of aromatic nitrogens is 2. The standard InChI is InChI=1S/C16H15N3O3S/c1-10(20)7-13(21)11-3-4-14-12(8-11)19(9-22-2)15-16(23-14)18-6-5-17-15/h3-6,8H,7,9H2,1-2H3. The Kier molecular flexibility index (Phi) is 4.40. The Hall–Kier alpha value is -2.25. The predicted molar refractivity (Wildman–Crippen MR) is 86.2 cm³/mol. The molecule has 118 valence electrons. The van der Waals surface area contributed by atoms with Crippen LogP contribution in [0, 0.1) is 0 Å². The highest BCUT2D eigenvalue weighted by molar-refractivity contribution is 7.99. The molecule has 1 aromatic heterocycles. The summed E-state index contributed by atoms with van der Waals surface area (Å²) < 4.78 is 5.27. The number of carbonyl (C=O) groups excluding carboxylic acids is 2. The largest absolute Gasteiger partial charge is 0.364 e. The Morgan fingerprint density at radius 1 is 1.26 bits per heavy atom. The van der Waals surface area contributed by atoms with E-state index in [2.05, 4.69) is 9.97 Å². The van der Waals surface area contributed by atoms with E-state index in [4.69, 9.17) is 4.74 Å². The summed E-state index contributed by atoms with van der Waals surface area (Å²) in [5.74, 6) is 0.364. The molecule has 0 aliphatic carbocycles. The van der Waals surface area contributed by atoms with Crippen molar-refractivity contribution in [1.82, 2.24) is 9.97 Å². The Morgan fingerprint density at radius 2 is 2.04 bits per heavy atom. The second-order valence-electron chi connectivity index (χ2n) is 5.12. The van der Waals surface area contributed by atoms with Crippen molar-refractivity contribution in [1.29, 1.82) is 0 Å². The van der Waals surface area contributed by atoms with Crippen LogP contribution in [-0.4, -0.2) is 35.4 Å². The number of anilines is 2. The van der Waals surface area contributed by atoms with Gasteiger partial charge in [0.2, 0.25) is 0 Å². The van der Waals surface area contributed by atoms with Crippen LogP contribution in [0.4, 0.5) is 11.5 Å². The van der Waals surface area contributed by atoms with Gasteiger partial charge in [-0.2, -0.15) is 0 Å². The number of carbonyl (C=O) groups is 2. The van der Waals surface area contributed by atoms with Gasteiger partial charge in [-0.3, -0.25) is 14.5 Å². The van der Waals surface area contributed by atoms with E-state index >= 15 is 0 Å². The molecule has 0 saturated carbocycles. The number of ketones is 2. The van der Waals surface area contributed by atoms with Gasteiger partial charge < -0.3 is 4.74 Å². The van der Waals surface area contributed by atoms with Gasteiger partial charge in [0.1, 0.15) is 17.5 Å². The molecule has 2 aromatic rings. The molecule has 0 amide bonds.